The molecular weight excluding hydrogens is 438 g/mol. The molecule has 4 rings (SSSR count). The lowest BCUT2D eigenvalue weighted by Gasteiger charge is -2.08. The standard InChI is InChI=1S/C25H22BrN3O/c1-18-6-2-3-7-20(18)16-29-17-21(23-8-4-5-9-24(23)29)15-27-28-25(30)14-19-10-12-22(26)13-11-19/h2-13,15,17H,14,16H2,1H3,(H,28,30)/b27-15+. The molecule has 1 aromatic heterocycles. The maximum atomic E-state index is 12.2. The molecular formula is C25H22BrN3O. The van der Waals surface area contributed by atoms with Crippen LogP contribution in [0.1, 0.15) is 22.3 Å². The van der Waals surface area contributed by atoms with Crippen molar-refractivity contribution in [2.24, 2.45) is 5.10 Å². The Morgan fingerprint density at radius 1 is 1.03 bits per heavy atom. The summed E-state index contributed by atoms with van der Waals surface area (Å²) in [6.07, 6.45) is 4.09. The van der Waals surface area contributed by atoms with E-state index in [1.54, 1.807) is 6.21 Å². The van der Waals surface area contributed by atoms with Crippen LogP contribution in [-0.2, 0) is 17.8 Å². The molecule has 0 aliphatic carbocycles. The van der Waals surface area contributed by atoms with Crippen LogP contribution in [0.4, 0.5) is 0 Å². The van der Waals surface area contributed by atoms with Gasteiger partial charge in [0.2, 0.25) is 5.91 Å². The van der Waals surface area contributed by atoms with Crippen LogP contribution in [0.5, 0.6) is 0 Å². The minimum atomic E-state index is -0.141. The van der Waals surface area contributed by atoms with Crippen molar-refractivity contribution in [3.8, 4) is 0 Å². The van der Waals surface area contributed by atoms with Gasteiger partial charge in [-0.1, -0.05) is 70.5 Å². The molecule has 1 heterocycles. The van der Waals surface area contributed by atoms with E-state index in [0.717, 1.165) is 33.0 Å². The summed E-state index contributed by atoms with van der Waals surface area (Å²) >= 11 is 3.40. The SMILES string of the molecule is Cc1ccccc1Cn1cc(/C=N/NC(=O)Cc2ccc(Br)cc2)c2ccccc21. The molecule has 0 saturated carbocycles. The summed E-state index contributed by atoms with van der Waals surface area (Å²) in [6.45, 7) is 2.92. The van der Waals surface area contributed by atoms with E-state index in [4.69, 9.17) is 0 Å². The number of nitrogens with one attached hydrogen (secondary N) is 1. The molecule has 0 bridgehead atoms. The smallest absolute Gasteiger partial charge is 0.244 e. The van der Waals surface area contributed by atoms with E-state index in [-0.39, 0.29) is 5.91 Å². The predicted octanol–water partition coefficient (Wildman–Crippen LogP) is 5.45. The van der Waals surface area contributed by atoms with E-state index < -0.39 is 0 Å². The third-order valence-corrected chi connectivity index (χ3v) is 5.62. The van der Waals surface area contributed by atoms with E-state index in [2.05, 4.69) is 80.5 Å². The first-order chi connectivity index (χ1) is 14.6. The van der Waals surface area contributed by atoms with Gasteiger partial charge in [-0.2, -0.15) is 5.10 Å². The summed E-state index contributed by atoms with van der Waals surface area (Å²) in [5, 5.41) is 5.30. The monoisotopic (exact) mass is 459 g/mol. The highest BCUT2D eigenvalue weighted by atomic mass is 79.9. The Bertz CT molecular complexity index is 1210. The molecule has 0 saturated heterocycles. The molecule has 0 aliphatic heterocycles. The number of hydrogen-bond acceptors (Lipinski definition) is 2. The van der Waals surface area contributed by atoms with Crippen LogP contribution in [0, 0.1) is 6.92 Å². The number of fused-ring (bicyclic) bond motifs is 1. The molecule has 0 radical (unpaired) electrons. The first-order valence-electron chi connectivity index (χ1n) is 9.79. The van der Waals surface area contributed by atoms with Crippen LogP contribution in [0.2, 0.25) is 0 Å². The van der Waals surface area contributed by atoms with Crippen molar-refractivity contribution in [3.05, 3.63) is 106 Å². The van der Waals surface area contributed by atoms with Gasteiger partial charge in [0.25, 0.3) is 0 Å². The highest BCUT2D eigenvalue weighted by molar-refractivity contribution is 9.10. The van der Waals surface area contributed by atoms with Gasteiger partial charge >= 0.3 is 0 Å². The molecule has 150 valence electrons. The summed E-state index contributed by atoms with van der Waals surface area (Å²) in [5.74, 6) is -0.141. The van der Waals surface area contributed by atoms with Crippen molar-refractivity contribution in [1.29, 1.82) is 0 Å². The maximum absolute atomic E-state index is 12.2. The van der Waals surface area contributed by atoms with E-state index in [1.165, 1.54) is 11.1 Å². The van der Waals surface area contributed by atoms with Gasteiger partial charge in [-0.15, -0.1) is 0 Å². The molecule has 0 atom stereocenters. The average Bonchev–Trinajstić information content (AvgIpc) is 3.09. The molecule has 3 aromatic carbocycles. The Morgan fingerprint density at radius 3 is 2.57 bits per heavy atom. The van der Waals surface area contributed by atoms with Gasteiger partial charge in [0, 0.05) is 33.7 Å². The largest absolute Gasteiger partial charge is 0.342 e. The topological polar surface area (TPSA) is 46.4 Å². The second-order valence-corrected chi connectivity index (χ2v) is 8.17. The number of hydrazone groups is 1. The fourth-order valence-corrected chi connectivity index (χ4v) is 3.75. The summed E-state index contributed by atoms with van der Waals surface area (Å²) in [4.78, 5) is 12.2. The number of amides is 1. The number of rotatable bonds is 6. The lowest BCUT2D eigenvalue weighted by molar-refractivity contribution is -0.120. The number of nitrogens with zero attached hydrogens (tertiary/aromatic N) is 2. The number of halogens is 1. The predicted molar refractivity (Wildman–Crippen MR) is 126 cm³/mol. The van der Waals surface area contributed by atoms with Crippen molar-refractivity contribution in [2.75, 3.05) is 0 Å². The zero-order valence-electron chi connectivity index (χ0n) is 16.7. The van der Waals surface area contributed by atoms with Gasteiger partial charge in [0.15, 0.2) is 0 Å². The molecule has 1 N–H and O–H groups in total. The highest BCUT2D eigenvalue weighted by Crippen LogP contribution is 2.22. The Morgan fingerprint density at radius 2 is 1.77 bits per heavy atom. The molecule has 5 heteroatoms. The van der Waals surface area contributed by atoms with Crippen molar-refractivity contribution < 1.29 is 4.79 Å². The van der Waals surface area contributed by atoms with Crippen LogP contribution in [0.15, 0.2) is 88.6 Å². The number of carbonyl (C=O) groups excluding carboxylic acids is 1. The Labute approximate surface area is 184 Å². The average molecular weight is 460 g/mol. The number of benzene rings is 3. The van der Waals surface area contributed by atoms with Gasteiger partial charge in [-0.05, 0) is 41.8 Å². The van der Waals surface area contributed by atoms with E-state index >= 15 is 0 Å². The second-order valence-electron chi connectivity index (χ2n) is 7.25. The van der Waals surface area contributed by atoms with Crippen LogP contribution in [0.25, 0.3) is 10.9 Å². The van der Waals surface area contributed by atoms with Crippen LogP contribution < -0.4 is 5.43 Å². The molecule has 4 aromatic rings. The summed E-state index contributed by atoms with van der Waals surface area (Å²) in [5.41, 5.74) is 8.25. The fourth-order valence-electron chi connectivity index (χ4n) is 3.48. The van der Waals surface area contributed by atoms with E-state index in [0.29, 0.717) is 6.42 Å². The normalized spacial score (nSPS) is 11.3. The summed E-state index contributed by atoms with van der Waals surface area (Å²) < 4.78 is 3.22. The second kappa shape index (κ2) is 9.09. The molecule has 0 spiro atoms. The zero-order chi connectivity index (χ0) is 20.9. The van der Waals surface area contributed by atoms with Crippen molar-refractivity contribution in [2.45, 2.75) is 19.9 Å². The number of carbonyl (C=O) groups is 1. The minimum absolute atomic E-state index is 0.141. The molecule has 0 unspecified atom stereocenters. The number of para-hydroxylation sites is 1. The van der Waals surface area contributed by atoms with Gasteiger partial charge in [-0.3, -0.25) is 4.79 Å². The van der Waals surface area contributed by atoms with Crippen molar-refractivity contribution >= 4 is 39.0 Å². The summed E-state index contributed by atoms with van der Waals surface area (Å²) in [7, 11) is 0. The van der Waals surface area contributed by atoms with Gasteiger partial charge in [0.1, 0.15) is 0 Å². The number of hydrogen-bond donors (Lipinski definition) is 1. The lowest BCUT2D eigenvalue weighted by Crippen LogP contribution is -2.19. The Balaban J connectivity index is 1.50. The quantitative estimate of drug-likeness (QED) is 0.302. The molecule has 1 amide bonds. The zero-order valence-corrected chi connectivity index (χ0v) is 18.3. The van der Waals surface area contributed by atoms with Crippen molar-refractivity contribution in [1.82, 2.24) is 9.99 Å². The first kappa shape index (κ1) is 20.1. The fraction of sp³-hybridized carbons (Fsp3) is 0.120. The Kier molecular flexibility index (Phi) is 6.10. The Hall–Kier alpha value is -3.18. The highest BCUT2D eigenvalue weighted by Gasteiger charge is 2.08. The van der Waals surface area contributed by atoms with Crippen LogP contribution >= 0.6 is 15.9 Å². The van der Waals surface area contributed by atoms with Crippen LogP contribution in [-0.4, -0.2) is 16.7 Å². The number of aromatic nitrogens is 1. The molecule has 4 nitrogen and oxygen atoms in total. The van der Waals surface area contributed by atoms with Gasteiger partial charge in [0.05, 0.1) is 12.6 Å². The van der Waals surface area contributed by atoms with Gasteiger partial charge in [-0.25, -0.2) is 5.43 Å². The molecule has 0 fully saturated rings. The minimum Gasteiger partial charge on any atom is -0.342 e. The van der Waals surface area contributed by atoms with Gasteiger partial charge < -0.3 is 4.57 Å². The third-order valence-electron chi connectivity index (χ3n) is 5.09. The molecule has 0 aliphatic rings. The van der Waals surface area contributed by atoms with Crippen LogP contribution in [0.3, 0.4) is 0 Å². The van der Waals surface area contributed by atoms with Crippen molar-refractivity contribution in [3.63, 3.8) is 0 Å². The molecule has 30 heavy (non-hydrogen) atoms. The van der Waals surface area contributed by atoms with E-state index in [1.807, 2.05) is 36.4 Å². The first-order valence-corrected chi connectivity index (χ1v) is 10.6. The lowest BCUT2D eigenvalue weighted by atomic mass is 10.1. The number of aryl methyl sites for hydroxylation is 1. The summed E-state index contributed by atoms with van der Waals surface area (Å²) in [6, 6.07) is 24.3. The third kappa shape index (κ3) is 4.69. The maximum Gasteiger partial charge on any atom is 0.244 e. The van der Waals surface area contributed by atoms with E-state index in [9.17, 15) is 4.79 Å².